The van der Waals surface area contributed by atoms with E-state index in [4.69, 9.17) is 5.73 Å². The molecule has 0 saturated carbocycles. The summed E-state index contributed by atoms with van der Waals surface area (Å²) in [7, 11) is 1.57. The van der Waals surface area contributed by atoms with Crippen LogP contribution in [0.25, 0.3) is 0 Å². The zero-order valence-electron chi connectivity index (χ0n) is 12.8. The molecule has 2 N–H and O–H groups in total. The van der Waals surface area contributed by atoms with Crippen LogP contribution in [0.3, 0.4) is 0 Å². The van der Waals surface area contributed by atoms with Crippen molar-refractivity contribution in [2.24, 2.45) is 17.1 Å². The third kappa shape index (κ3) is 4.21. The Kier molecular flexibility index (Phi) is 5.14. The topological polar surface area (TPSA) is 83.7 Å². The molecular weight excluding hydrogens is 258 g/mol. The molecule has 0 aromatic heterocycles. The molecule has 3 amide bonds. The first-order valence-corrected chi connectivity index (χ1v) is 6.95. The van der Waals surface area contributed by atoms with Crippen LogP contribution in [0.2, 0.25) is 0 Å². The Labute approximate surface area is 120 Å². The number of likely N-dealkylation sites (tertiary alicyclic amines) is 1. The summed E-state index contributed by atoms with van der Waals surface area (Å²) in [6, 6.07) is 0. The lowest BCUT2D eigenvalue weighted by atomic mass is 9.90. The van der Waals surface area contributed by atoms with E-state index >= 15 is 0 Å². The van der Waals surface area contributed by atoms with Gasteiger partial charge in [0.15, 0.2) is 0 Å². The number of primary amides is 1. The lowest BCUT2D eigenvalue weighted by Crippen LogP contribution is -2.49. The highest BCUT2D eigenvalue weighted by molar-refractivity contribution is 5.86. The van der Waals surface area contributed by atoms with Gasteiger partial charge in [-0.1, -0.05) is 20.8 Å². The zero-order chi connectivity index (χ0) is 15.5. The van der Waals surface area contributed by atoms with Crippen LogP contribution in [0, 0.1) is 11.3 Å². The fourth-order valence-corrected chi connectivity index (χ4v) is 2.46. The van der Waals surface area contributed by atoms with Crippen LogP contribution in [0.15, 0.2) is 0 Å². The lowest BCUT2D eigenvalue weighted by Gasteiger charge is -2.36. The standard InChI is InChI=1S/C14H25N3O3/c1-14(2,3)13(20)17-7-5-6-10(8-17)12(19)16(4)9-11(15)18/h10H,5-9H2,1-4H3,(H2,15,18)/t10-/m0/s1. The van der Waals surface area contributed by atoms with Crippen LogP contribution in [-0.2, 0) is 14.4 Å². The molecule has 1 atom stereocenters. The van der Waals surface area contributed by atoms with E-state index in [1.807, 2.05) is 20.8 Å². The number of carbonyl (C=O) groups is 3. The molecule has 1 aliphatic heterocycles. The first-order chi connectivity index (χ1) is 9.12. The van der Waals surface area contributed by atoms with Gasteiger partial charge >= 0.3 is 0 Å². The predicted molar refractivity (Wildman–Crippen MR) is 75.6 cm³/mol. The summed E-state index contributed by atoms with van der Waals surface area (Å²) >= 11 is 0. The van der Waals surface area contributed by atoms with Gasteiger partial charge in [-0.25, -0.2) is 0 Å². The average Bonchev–Trinajstić information content (AvgIpc) is 2.35. The maximum absolute atomic E-state index is 12.3. The zero-order valence-corrected chi connectivity index (χ0v) is 12.8. The molecule has 6 nitrogen and oxygen atoms in total. The van der Waals surface area contributed by atoms with Gasteiger partial charge in [-0.3, -0.25) is 14.4 Å². The molecule has 1 aliphatic rings. The van der Waals surface area contributed by atoms with E-state index in [1.165, 1.54) is 4.90 Å². The molecule has 0 aromatic rings. The number of nitrogens with two attached hydrogens (primary N) is 1. The third-order valence-corrected chi connectivity index (χ3v) is 3.47. The van der Waals surface area contributed by atoms with Crippen molar-refractivity contribution in [3.63, 3.8) is 0 Å². The van der Waals surface area contributed by atoms with Crippen molar-refractivity contribution in [3.05, 3.63) is 0 Å². The molecule has 114 valence electrons. The second-order valence-corrected chi connectivity index (χ2v) is 6.50. The molecular formula is C14H25N3O3. The summed E-state index contributed by atoms with van der Waals surface area (Å²) < 4.78 is 0. The number of hydrogen-bond donors (Lipinski definition) is 1. The van der Waals surface area contributed by atoms with Crippen LogP contribution in [0.5, 0.6) is 0 Å². The summed E-state index contributed by atoms with van der Waals surface area (Å²) in [5.74, 6) is -0.818. The second-order valence-electron chi connectivity index (χ2n) is 6.50. The summed E-state index contributed by atoms with van der Waals surface area (Å²) in [5, 5.41) is 0. The van der Waals surface area contributed by atoms with Crippen LogP contribution < -0.4 is 5.73 Å². The molecule has 0 spiro atoms. The van der Waals surface area contributed by atoms with Crippen LogP contribution >= 0.6 is 0 Å². The van der Waals surface area contributed by atoms with E-state index < -0.39 is 11.3 Å². The minimum absolute atomic E-state index is 0.0626. The van der Waals surface area contributed by atoms with E-state index in [2.05, 4.69) is 0 Å². The molecule has 0 bridgehead atoms. The van der Waals surface area contributed by atoms with Crippen molar-refractivity contribution in [3.8, 4) is 0 Å². The number of hydrogen-bond acceptors (Lipinski definition) is 3. The van der Waals surface area contributed by atoms with Gasteiger partial charge in [-0.15, -0.1) is 0 Å². The fraction of sp³-hybridized carbons (Fsp3) is 0.786. The van der Waals surface area contributed by atoms with Gasteiger partial charge in [0.05, 0.1) is 12.5 Å². The van der Waals surface area contributed by atoms with Crippen LogP contribution in [-0.4, -0.2) is 54.2 Å². The Morgan fingerprint density at radius 1 is 1.30 bits per heavy atom. The molecule has 6 heteroatoms. The lowest BCUT2D eigenvalue weighted by molar-refractivity contribution is -0.145. The van der Waals surface area contributed by atoms with Crippen LogP contribution in [0.4, 0.5) is 0 Å². The van der Waals surface area contributed by atoms with E-state index in [0.29, 0.717) is 13.1 Å². The van der Waals surface area contributed by atoms with Gasteiger partial charge in [-0.05, 0) is 12.8 Å². The van der Waals surface area contributed by atoms with E-state index in [1.54, 1.807) is 11.9 Å². The Morgan fingerprint density at radius 2 is 1.90 bits per heavy atom. The molecule has 0 unspecified atom stereocenters. The van der Waals surface area contributed by atoms with Crippen molar-refractivity contribution in [2.45, 2.75) is 33.6 Å². The monoisotopic (exact) mass is 283 g/mol. The van der Waals surface area contributed by atoms with Crippen LogP contribution in [0.1, 0.15) is 33.6 Å². The Morgan fingerprint density at radius 3 is 2.40 bits per heavy atom. The van der Waals surface area contributed by atoms with Crippen molar-refractivity contribution < 1.29 is 14.4 Å². The van der Waals surface area contributed by atoms with Gasteiger partial charge < -0.3 is 15.5 Å². The highest BCUT2D eigenvalue weighted by Crippen LogP contribution is 2.24. The van der Waals surface area contributed by atoms with Crippen molar-refractivity contribution >= 4 is 17.7 Å². The largest absolute Gasteiger partial charge is 0.368 e. The van der Waals surface area contributed by atoms with Gasteiger partial charge in [0.25, 0.3) is 0 Å². The van der Waals surface area contributed by atoms with Crippen molar-refractivity contribution in [1.29, 1.82) is 0 Å². The van der Waals surface area contributed by atoms with Crippen molar-refractivity contribution in [2.75, 3.05) is 26.7 Å². The number of carbonyl (C=O) groups excluding carboxylic acids is 3. The summed E-state index contributed by atoms with van der Waals surface area (Å²) in [4.78, 5) is 38.5. The molecule has 0 radical (unpaired) electrons. The van der Waals surface area contributed by atoms with Gasteiger partial charge in [0.1, 0.15) is 0 Å². The molecule has 0 aliphatic carbocycles. The first-order valence-electron chi connectivity index (χ1n) is 6.95. The normalized spacial score (nSPS) is 19.6. The first kappa shape index (κ1) is 16.5. The van der Waals surface area contributed by atoms with Gasteiger partial charge in [-0.2, -0.15) is 0 Å². The average molecular weight is 283 g/mol. The molecule has 1 saturated heterocycles. The molecule has 1 fully saturated rings. The second kappa shape index (κ2) is 6.24. The Balaban J connectivity index is 2.67. The van der Waals surface area contributed by atoms with E-state index in [9.17, 15) is 14.4 Å². The minimum atomic E-state index is -0.528. The number of piperidine rings is 1. The van der Waals surface area contributed by atoms with Gasteiger partial charge in [0.2, 0.25) is 17.7 Å². The molecule has 1 heterocycles. The molecule has 1 rings (SSSR count). The highest BCUT2D eigenvalue weighted by atomic mass is 16.2. The maximum atomic E-state index is 12.3. The Hall–Kier alpha value is -1.59. The summed E-state index contributed by atoms with van der Waals surface area (Å²) in [5.41, 5.74) is 4.66. The summed E-state index contributed by atoms with van der Waals surface area (Å²) in [6.07, 6.45) is 1.55. The van der Waals surface area contributed by atoms with Crippen molar-refractivity contribution in [1.82, 2.24) is 9.80 Å². The predicted octanol–water partition coefficient (Wildman–Crippen LogP) is 0.215. The number of likely N-dealkylation sites (N-methyl/N-ethyl adjacent to an activating group) is 1. The Bertz CT molecular complexity index is 401. The molecule has 20 heavy (non-hydrogen) atoms. The van der Waals surface area contributed by atoms with E-state index in [-0.39, 0.29) is 24.3 Å². The highest BCUT2D eigenvalue weighted by Gasteiger charge is 2.34. The number of nitrogens with zero attached hydrogens (tertiary/aromatic N) is 2. The van der Waals surface area contributed by atoms with E-state index in [0.717, 1.165) is 12.8 Å². The minimum Gasteiger partial charge on any atom is -0.368 e. The number of rotatable bonds is 3. The third-order valence-electron chi connectivity index (χ3n) is 3.47. The quantitative estimate of drug-likeness (QED) is 0.804. The summed E-state index contributed by atoms with van der Waals surface area (Å²) in [6.45, 7) is 6.67. The maximum Gasteiger partial charge on any atom is 0.237 e. The fourth-order valence-electron chi connectivity index (χ4n) is 2.46. The SMILES string of the molecule is CN(CC(N)=O)C(=O)[C@H]1CCCN(C(=O)C(C)(C)C)C1. The smallest absolute Gasteiger partial charge is 0.237 e. The molecule has 0 aromatic carbocycles. The number of amides is 3. The van der Waals surface area contributed by atoms with Gasteiger partial charge in [0, 0.05) is 25.6 Å².